The molecule has 3 aromatic rings. The van der Waals surface area contributed by atoms with Crippen molar-refractivity contribution in [2.75, 3.05) is 19.6 Å². The second-order valence-electron chi connectivity index (χ2n) is 8.05. The molecule has 3 amide bonds. The minimum Gasteiger partial charge on any atom is -0.465 e. The number of piperidine rings is 1. The normalized spacial score (nSPS) is 17.2. The predicted molar refractivity (Wildman–Crippen MR) is 116 cm³/mol. The summed E-state index contributed by atoms with van der Waals surface area (Å²) in [4.78, 5) is 41.8. The Kier molecular flexibility index (Phi) is 4.90. The van der Waals surface area contributed by atoms with Crippen LogP contribution in [0.1, 0.15) is 39.3 Å². The molecule has 6 nitrogen and oxygen atoms in total. The van der Waals surface area contributed by atoms with Crippen molar-refractivity contribution < 1.29 is 18.8 Å². The summed E-state index contributed by atoms with van der Waals surface area (Å²) in [5.41, 5.74) is 1.17. The lowest BCUT2D eigenvalue weighted by Crippen LogP contribution is -2.46. The Morgan fingerprint density at radius 3 is 2.26 bits per heavy atom. The Bertz CT molecular complexity index is 1140. The molecule has 5 rings (SSSR count). The van der Waals surface area contributed by atoms with Gasteiger partial charge in [0, 0.05) is 42.2 Å². The summed E-state index contributed by atoms with van der Waals surface area (Å²) < 4.78 is 5.21. The number of carbonyl (C=O) groups is 3. The van der Waals surface area contributed by atoms with E-state index in [1.807, 2.05) is 24.3 Å². The van der Waals surface area contributed by atoms with Crippen molar-refractivity contribution in [2.24, 2.45) is 5.92 Å². The first-order valence-electron chi connectivity index (χ1n) is 10.5. The second kappa shape index (κ2) is 7.87. The summed E-state index contributed by atoms with van der Waals surface area (Å²) in [6.45, 7) is 1.59. The van der Waals surface area contributed by atoms with Crippen molar-refractivity contribution in [1.82, 2.24) is 9.80 Å². The fraction of sp³-hybridized carbons (Fsp3) is 0.240. The zero-order chi connectivity index (χ0) is 21.4. The lowest BCUT2D eigenvalue weighted by Gasteiger charge is -2.35. The van der Waals surface area contributed by atoms with E-state index < -0.39 is 0 Å². The number of imide groups is 1. The summed E-state index contributed by atoms with van der Waals surface area (Å²) in [7, 11) is 0. The van der Waals surface area contributed by atoms with Crippen LogP contribution in [0.2, 0.25) is 0 Å². The number of rotatable bonds is 4. The number of hydrogen-bond donors (Lipinski definition) is 0. The molecule has 1 saturated heterocycles. The highest BCUT2D eigenvalue weighted by molar-refractivity contribution is 6.25. The smallest absolute Gasteiger partial charge is 0.261 e. The van der Waals surface area contributed by atoms with E-state index in [0.717, 1.165) is 23.6 Å². The second-order valence-corrected chi connectivity index (χ2v) is 8.05. The van der Waals surface area contributed by atoms with Gasteiger partial charge in [-0.3, -0.25) is 19.3 Å². The van der Waals surface area contributed by atoms with Gasteiger partial charge >= 0.3 is 0 Å². The molecule has 0 aliphatic carbocycles. The molecule has 0 spiro atoms. The van der Waals surface area contributed by atoms with Crippen LogP contribution >= 0.6 is 0 Å². The summed E-state index contributed by atoms with van der Waals surface area (Å²) >= 11 is 0. The van der Waals surface area contributed by atoms with Crippen LogP contribution in [-0.2, 0) is 4.79 Å². The quantitative estimate of drug-likeness (QED) is 0.478. The number of benzene rings is 2. The minimum atomic E-state index is -0.228. The maximum Gasteiger partial charge on any atom is 0.261 e. The number of likely N-dealkylation sites (tertiary alicyclic amines) is 1. The van der Waals surface area contributed by atoms with Crippen molar-refractivity contribution in [3.05, 3.63) is 77.8 Å². The van der Waals surface area contributed by atoms with Gasteiger partial charge in [0.1, 0.15) is 5.76 Å². The van der Waals surface area contributed by atoms with Gasteiger partial charge in [-0.1, -0.05) is 24.3 Å². The number of amides is 3. The van der Waals surface area contributed by atoms with E-state index >= 15 is 0 Å². The van der Waals surface area contributed by atoms with Gasteiger partial charge < -0.3 is 9.32 Å². The summed E-state index contributed by atoms with van der Waals surface area (Å²) in [6.07, 6.45) is 6.26. The average Bonchev–Trinajstić information content (AvgIpc) is 3.33. The number of hydrogen-bond acceptors (Lipinski definition) is 4. The van der Waals surface area contributed by atoms with Crippen molar-refractivity contribution in [2.45, 2.75) is 12.8 Å². The molecule has 0 atom stereocenters. The summed E-state index contributed by atoms with van der Waals surface area (Å²) in [6, 6.07) is 14.7. The largest absolute Gasteiger partial charge is 0.465 e. The third-order valence-corrected chi connectivity index (χ3v) is 6.16. The van der Waals surface area contributed by atoms with E-state index in [2.05, 4.69) is 0 Å². The Labute approximate surface area is 179 Å². The Balaban J connectivity index is 1.25. The van der Waals surface area contributed by atoms with Gasteiger partial charge in [0.05, 0.1) is 6.26 Å². The lowest BCUT2D eigenvalue weighted by molar-refractivity contribution is -0.127. The van der Waals surface area contributed by atoms with Crippen LogP contribution in [0.5, 0.6) is 0 Å². The molecule has 2 aromatic carbocycles. The van der Waals surface area contributed by atoms with Crippen molar-refractivity contribution in [3.63, 3.8) is 0 Å². The van der Waals surface area contributed by atoms with E-state index in [0.29, 0.717) is 36.5 Å². The van der Waals surface area contributed by atoms with Gasteiger partial charge in [-0.15, -0.1) is 0 Å². The van der Waals surface area contributed by atoms with Crippen LogP contribution < -0.4 is 0 Å². The van der Waals surface area contributed by atoms with E-state index in [1.165, 1.54) is 11.0 Å². The SMILES string of the molecule is O=C(/C=C/c1ccco1)N1CCC(CN2C(=O)c3cccc4cccc(c34)C2=O)CC1. The van der Waals surface area contributed by atoms with Crippen molar-refractivity contribution in [3.8, 4) is 0 Å². The van der Waals surface area contributed by atoms with Gasteiger partial charge in [-0.05, 0) is 54.5 Å². The molecule has 6 heteroatoms. The summed E-state index contributed by atoms with van der Waals surface area (Å²) in [5, 5.41) is 1.66. The van der Waals surface area contributed by atoms with Crippen LogP contribution in [0.25, 0.3) is 16.8 Å². The molecule has 2 aliphatic rings. The molecule has 0 N–H and O–H groups in total. The molecule has 2 aliphatic heterocycles. The highest BCUT2D eigenvalue weighted by Crippen LogP contribution is 2.31. The monoisotopic (exact) mass is 414 g/mol. The molecule has 31 heavy (non-hydrogen) atoms. The van der Waals surface area contributed by atoms with Gasteiger partial charge in [0.25, 0.3) is 11.8 Å². The first-order valence-corrected chi connectivity index (χ1v) is 10.5. The Morgan fingerprint density at radius 2 is 1.65 bits per heavy atom. The molecule has 0 bridgehead atoms. The summed E-state index contributed by atoms with van der Waals surface area (Å²) in [5.74, 6) is 0.306. The first-order chi connectivity index (χ1) is 15.1. The highest BCUT2D eigenvalue weighted by Gasteiger charge is 2.35. The van der Waals surface area contributed by atoms with E-state index in [9.17, 15) is 14.4 Å². The average molecular weight is 414 g/mol. The Hall–Kier alpha value is -3.67. The van der Waals surface area contributed by atoms with Gasteiger partial charge in [0.2, 0.25) is 5.91 Å². The van der Waals surface area contributed by atoms with E-state index in [1.54, 1.807) is 41.5 Å². The Morgan fingerprint density at radius 1 is 0.968 bits per heavy atom. The zero-order valence-electron chi connectivity index (χ0n) is 17.0. The first kappa shape index (κ1) is 19.3. The maximum atomic E-state index is 13.1. The molecule has 0 unspecified atom stereocenters. The molecule has 156 valence electrons. The van der Waals surface area contributed by atoms with Crippen LogP contribution in [0.3, 0.4) is 0 Å². The fourth-order valence-corrected chi connectivity index (χ4v) is 4.49. The van der Waals surface area contributed by atoms with E-state index in [-0.39, 0.29) is 23.6 Å². The molecular weight excluding hydrogens is 392 g/mol. The fourth-order valence-electron chi connectivity index (χ4n) is 4.49. The lowest BCUT2D eigenvalue weighted by atomic mass is 9.91. The molecule has 0 saturated carbocycles. The van der Waals surface area contributed by atoms with Crippen molar-refractivity contribution in [1.29, 1.82) is 0 Å². The van der Waals surface area contributed by atoms with Gasteiger partial charge in [0.15, 0.2) is 0 Å². The maximum absolute atomic E-state index is 13.1. The topological polar surface area (TPSA) is 70.8 Å². The molecule has 0 radical (unpaired) electrons. The molecule has 1 aromatic heterocycles. The van der Waals surface area contributed by atoms with E-state index in [4.69, 9.17) is 4.42 Å². The predicted octanol–water partition coefficient (Wildman–Crippen LogP) is 3.98. The zero-order valence-corrected chi connectivity index (χ0v) is 17.0. The van der Waals surface area contributed by atoms with Crippen LogP contribution in [0.15, 0.2) is 65.3 Å². The minimum absolute atomic E-state index is 0.0550. The number of furan rings is 1. The third kappa shape index (κ3) is 3.54. The van der Waals surface area contributed by atoms with Crippen molar-refractivity contribution >= 4 is 34.6 Å². The molecule has 1 fully saturated rings. The molecular formula is C25H22N2O4. The number of carbonyl (C=O) groups excluding carboxylic acids is 3. The van der Waals surface area contributed by atoms with Gasteiger partial charge in [-0.25, -0.2) is 0 Å². The number of nitrogens with zero attached hydrogens (tertiary/aromatic N) is 2. The highest BCUT2D eigenvalue weighted by atomic mass is 16.3. The van der Waals surface area contributed by atoms with Crippen LogP contribution in [0, 0.1) is 5.92 Å². The molecule has 3 heterocycles. The standard InChI is InChI=1S/C25H22N2O4/c28-22(10-9-19-6-3-15-31-19)26-13-11-17(12-14-26)16-27-24(29)20-7-1-4-18-5-2-8-21(23(18)20)25(27)30/h1-10,15,17H,11-14,16H2/b10-9+. The van der Waals surface area contributed by atoms with Gasteiger partial charge in [-0.2, -0.15) is 0 Å². The van der Waals surface area contributed by atoms with Crippen LogP contribution in [0.4, 0.5) is 0 Å². The third-order valence-electron chi connectivity index (χ3n) is 6.16. The van der Waals surface area contributed by atoms with Crippen LogP contribution in [-0.4, -0.2) is 47.2 Å².